The maximum atomic E-state index is 5.56. The fourth-order valence-corrected chi connectivity index (χ4v) is 1.73. The van der Waals surface area contributed by atoms with Crippen molar-refractivity contribution >= 4 is 23.1 Å². The van der Waals surface area contributed by atoms with Gasteiger partial charge in [0.25, 0.3) is 0 Å². The first-order valence-electron chi connectivity index (χ1n) is 5.59. The average Bonchev–Trinajstić information content (AvgIpc) is 2.33. The number of isothiocyanates is 1. The Balaban J connectivity index is 2.62. The molecule has 0 fully saturated rings. The summed E-state index contributed by atoms with van der Waals surface area (Å²) in [6.07, 6.45) is 0. The first-order valence-corrected chi connectivity index (χ1v) is 6.00. The highest BCUT2D eigenvalue weighted by Gasteiger charge is 2.03. The molecule has 0 aliphatic rings. The van der Waals surface area contributed by atoms with E-state index in [1.54, 1.807) is 0 Å². The molecule has 0 saturated carbocycles. The third-order valence-corrected chi connectivity index (χ3v) is 2.50. The van der Waals surface area contributed by atoms with Gasteiger partial charge in [-0.05, 0) is 29.9 Å². The Hall–Kier alpha value is -1.10. The van der Waals surface area contributed by atoms with Crippen molar-refractivity contribution in [1.82, 2.24) is 4.90 Å². The van der Waals surface area contributed by atoms with Gasteiger partial charge in [0.15, 0.2) is 0 Å². The Kier molecular flexibility index (Phi) is 6.62. The lowest BCUT2D eigenvalue weighted by atomic mass is 10.2. The first-order chi connectivity index (χ1) is 8.30. The molecule has 1 rings (SSSR count). The van der Waals surface area contributed by atoms with Crippen LogP contribution in [0, 0.1) is 0 Å². The standard InChI is InChI=1S/C12H18N4S/c13-5-7-16(8-6-14)9-11-1-3-12(4-2-11)15-10-17/h1-4H,5-9,13-14H2. The molecule has 1 aromatic rings. The van der Waals surface area contributed by atoms with Crippen molar-refractivity contribution in [2.75, 3.05) is 26.2 Å². The summed E-state index contributed by atoms with van der Waals surface area (Å²) in [5.74, 6) is 0. The van der Waals surface area contributed by atoms with Crippen LogP contribution in [0.25, 0.3) is 0 Å². The lowest BCUT2D eigenvalue weighted by Gasteiger charge is -2.20. The maximum absolute atomic E-state index is 5.56. The summed E-state index contributed by atoms with van der Waals surface area (Å²) in [6, 6.07) is 7.92. The van der Waals surface area contributed by atoms with Gasteiger partial charge in [0.2, 0.25) is 0 Å². The summed E-state index contributed by atoms with van der Waals surface area (Å²) in [6.45, 7) is 3.87. The average molecular weight is 250 g/mol. The smallest absolute Gasteiger partial charge is 0.0739 e. The molecule has 0 amide bonds. The lowest BCUT2D eigenvalue weighted by Crippen LogP contribution is -2.33. The monoisotopic (exact) mass is 250 g/mol. The summed E-state index contributed by atoms with van der Waals surface area (Å²) in [7, 11) is 0. The minimum absolute atomic E-state index is 0.646. The van der Waals surface area contributed by atoms with Gasteiger partial charge in [0.05, 0.1) is 10.8 Å². The molecule has 0 aliphatic heterocycles. The molecule has 0 heterocycles. The zero-order chi connectivity index (χ0) is 12.5. The van der Waals surface area contributed by atoms with Crippen LogP contribution >= 0.6 is 12.2 Å². The Bertz CT molecular complexity index is 365. The molecule has 0 saturated heterocycles. The number of thiocarbonyl (C=S) groups is 1. The minimum Gasteiger partial charge on any atom is -0.329 e. The quantitative estimate of drug-likeness (QED) is 0.562. The molecule has 17 heavy (non-hydrogen) atoms. The van der Waals surface area contributed by atoms with Crippen molar-refractivity contribution in [1.29, 1.82) is 0 Å². The van der Waals surface area contributed by atoms with Crippen molar-refractivity contribution in [2.45, 2.75) is 6.54 Å². The summed E-state index contributed by atoms with van der Waals surface area (Å²) < 4.78 is 0. The Morgan fingerprint density at radius 2 is 1.71 bits per heavy atom. The van der Waals surface area contributed by atoms with Crippen molar-refractivity contribution in [3.8, 4) is 0 Å². The van der Waals surface area contributed by atoms with Crippen molar-refractivity contribution in [3.63, 3.8) is 0 Å². The summed E-state index contributed by atoms with van der Waals surface area (Å²) in [5, 5.41) is 2.35. The van der Waals surface area contributed by atoms with Crippen LogP contribution in [0.15, 0.2) is 29.3 Å². The van der Waals surface area contributed by atoms with Crippen LogP contribution in [0.5, 0.6) is 0 Å². The third-order valence-electron chi connectivity index (χ3n) is 2.41. The molecule has 0 aromatic heterocycles. The molecular weight excluding hydrogens is 232 g/mol. The van der Waals surface area contributed by atoms with E-state index in [2.05, 4.69) is 27.3 Å². The van der Waals surface area contributed by atoms with Gasteiger partial charge < -0.3 is 11.5 Å². The third kappa shape index (κ3) is 5.17. The van der Waals surface area contributed by atoms with E-state index in [0.717, 1.165) is 25.3 Å². The van der Waals surface area contributed by atoms with Crippen molar-refractivity contribution in [2.24, 2.45) is 16.5 Å². The highest BCUT2D eigenvalue weighted by Crippen LogP contribution is 2.13. The summed E-state index contributed by atoms with van der Waals surface area (Å²) in [5.41, 5.74) is 13.2. The van der Waals surface area contributed by atoms with Gasteiger partial charge in [-0.25, -0.2) is 0 Å². The summed E-state index contributed by atoms with van der Waals surface area (Å²) in [4.78, 5) is 6.14. The second-order valence-electron chi connectivity index (χ2n) is 3.72. The normalized spacial score (nSPS) is 10.3. The second-order valence-corrected chi connectivity index (χ2v) is 3.91. The Morgan fingerprint density at radius 3 is 2.18 bits per heavy atom. The van der Waals surface area contributed by atoms with Gasteiger partial charge in [-0.3, -0.25) is 4.90 Å². The van der Waals surface area contributed by atoms with Gasteiger partial charge >= 0.3 is 0 Å². The van der Waals surface area contributed by atoms with Crippen LogP contribution in [0.1, 0.15) is 5.56 Å². The van der Waals surface area contributed by atoms with Crippen LogP contribution in [0.3, 0.4) is 0 Å². The van der Waals surface area contributed by atoms with Crippen LogP contribution in [0.4, 0.5) is 5.69 Å². The van der Waals surface area contributed by atoms with Crippen molar-refractivity contribution in [3.05, 3.63) is 29.8 Å². The van der Waals surface area contributed by atoms with Gasteiger partial charge in [0, 0.05) is 32.7 Å². The number of benzene rings is 1. The highest BCUT2D eigenvalue weighted by atomic mass is 32.1. The molecule has 0 atom stereocenters. The molecule has 0 bridgehead atoms. The van der Waals surface area contributed by atoms with E-state index in [1.807, 2.05) is 24.3 Å². The number of rotatable bonds is 7. The molecule has 92 valence electrons. The van der Waals surface area contributed by atoms with Gasteiger partial charge in [-0.1, -0.05) is 12.1 Å². The molecule has 5 heteroatoms. The van der Waals surface area contributed by atoms with E-state index in [4.69, 9.17) is 11.5 Å². The van der Waals surface area contributed by atoms with Crippen molar-refractivity contribution < 1.29 is 0 Å². The zero-order valence-electron chi connectivity index (χ0n) is 9.80. The zero-order valence-corrected chi connectivity index (χ0v) is 10.6. The van der Waals surface area contributed by atoms with E-state index in [-0.39, 0.29) is 0 Å². The molecule has 4 N–H and O–H groups in total. The first kappa shape index (κ1) is 14.0. The van der Waals surface area contributed by atoms with Crippen LogP contribution < -0.4 is 11.5 Å². The maximum Gasteiger partial charge on any atom is 0.0739 e. The Labute approximate surface area is 107 Å². The number of hydrogen-bond acceptors (Lipinski definition) is 5. The van der Waals surface area contributed by atoms with Crippen LogP contribution in [0.2, 0.25) is 0 Å². The largest absolute Gasteiger partial charge is 0.329 e. The van der Waals surface area contributed by atoms with Gasteiger partial charge in [0.1, 0.15) is 0 Å². The molecule has 0 radical (unpaired) electrons. The van der Waals surface area contributed by atoms with Crippen LogP contribution in [-0.4, -0.2) is 36.2 Å². The molecule has 1 aromatic carbocycles. The molecule has 0 unspecified atom stereocenters. The van der Waals surface area contributed by atoms with E-state index in [9.17, 15) is 0 Å². The number of nitrogens with zero attached hydrogens (tertiary/aromatic N) is 2. The van der Waals surface area contributed by atoms with E-state index >= 15 is 0 Å². The molecule has 4 nitrogen and oxygen atoms in total. The lowest BCUT2D eigenvalue weighted by molar-refractivity contribution is 0.281. The fraction of sp³-hybridized carbons (Fsp3) is 0.417. The van der Waals surface area contributed by atoms with E-state index in [0.29, 0.717) is 13.1 Å². The fourth-order valence-electron chi connectivity index (χ4n) is 1.62. The topological polar surface area (TPSA) is 67.6 Å². The number of hydrogen-bond donors (Lipinski definition) is 2. The predicted molar refractivity (Wildman–Crippen MR) is 74.5 cm³/mol. The number of aliphatic imine (C=N–C) groups is 1. The second kappa shape index (κ2) is 8.06. The molecule has 0 spiro atoms. The SMILES string of the molecule is NCCN(CCN)Cc1ccc(N=C=S)cc1. The minimum atomic E-state index is 0.646. The number of nitrogens with two attached hydrogens (primary N) is 2. The van der Waals surface area contributed by atoms with E-state index in [1.165, 1.54) is 5.56 Å². The Morgan fingerprint density at radius 1 is 1.12 bits per heavy atom. The van der Waals surface area contributed by atoms with E-state index < -0.39 is 0 Å². The van der Waals surface area contributed by atoms with Gasteiger partial charge in [-0.2, -0.15) is 4.99 Å². The predicted octanol–water partition coefficient (Wildman–Crippen LogP) is 1.14. The highest BCUT2D eigenvalue weighted by molar-refractivity contribution is 7.78. The van der Waals surface area contributed by atoms with Crippen LogP contribution in [-0.2, 0) is 6.54 Å². The van der Waals surface area contributed by atoms with Gasteiger partial charge in [-0.15, -0.1) is 0 Å². The molecular formula is C12H18N4S. The molecule has 0 aliphatic carbocycles. The summed E-state index contributed by atoms with van der Waals surface area (Å²) >= 11 is 4.55.